The lowest BCUT2D eigenvalue weighted by atomic mass is 10.2. The van der Waals surface area contributed by atoms with Crippen molar-refractivity contribution in [3.63, 3.8) is 0 Å². The molecule has 18 heavy (non-hydrogen) atoms. The van der Waals surface area contributed by atoms with E-state index in [9.17, 15) is 9.18 Å². The molecule has 94 valence electrons. The van der Waals surface area contributed by atoms with Gasteiger partial charge in [-0.05, 0) is 25.0 Å². The molecule has 1 aliphatic heterocycles. The second-order valence-corrected chi connectivity index (χ2v) is 4.30. The van der Waals surface area contributed by atoms with Gasteiger partial charge < -0.3 is 14.4 Å². The normalized spacial score (nSPS) is 19.6. The summed E-state index contributed by atoms with van der Waals surface area (Å²) in [5.74, 6) is -1.28. The average Bonchev–Trinajstić information content (AvgIpc) is 2.93. The molecule has 1 N–H and O–H groups in total. The SMILES string of the molecule is O=C(O)[C@@H]1CCCN1c1nc2cc(F)ccc2o1. The van der Waals surface area contributed by atoms with E-state index in [0.29, 0.717) is 24.1 Å². The maximum Gasteiger partial charge on any atom is 0.326 e. The molecule has 0 aliphatic carbocycles. The van der Waals surface area contributed by atoms with Gasteiger partial charge in [0.1, 0.15) is 17.4 Å². The molecule has 2 heterocycles. The fourth-order valence-corrected chi connectivity index (χ4v) is 2.26. The first-order valence-electron chi connectivity index (χ1n) is 5.71. The van der Waals surface area contributed by atoms with Gasteiger partial charge in [-0.1, -0.05) is 0 Å². The predicted molar refractivity (Wildman–Crippen MR) is 62.0 cm³/mol. The van der Waals surface area contributed by atoms with Crippen molar-refractivity contribution in [3.8, 4) is 0 Å². The van der Waals surface area contributed by atoms with Crippen molar-refractivity contribution in [3.05, 3.63) is 24.0 Å². The van der Waals surface area contributed by atoms with Gasteiger partial charge in [-0.25, -0.2) is 9.18 Å². The molecule has 1 aliphatic rings. The van der Waals surface area contributed by atoms with Gasteiger partial charge in [0.05, 0.1) is 0 Å². The minimum absolute atomic E-state index is 0.250. The zero-order valence-corrected chi connectivity index (χ0v) is 9.47. The van der Waals surface area contributed by atoms with Crippen LogP contribution >= 0.6 is 0 Å². The van der Waals surface area contributed by atoms with Crippen LogP contribution in [0.2, 0.25) is 0 Å². The van der Waals surface area contributed by atoms with Crippen molar-refractivity contribution in [1.29, 1.82) is 0 Å². The summed E-state index contributed by atoms with van der Waals surface area (Å²) in [6.07, 6.45) is 1.35. The van der Waals surface area contributed by atoms with Crippen LogP contribution < -0.4 is 4.90 Å². The topological polar surface area (TPSA) is 66.6 Å². The largest absolute Gasteiger partial charge is 0.480 e. The predicted octanol–water partition coefficient (Wildman–Crippen LogP) is 2.02. The van der Waals surface area contributed by atoms with Crippen molar-refractivity contribution < 1.29 is 18.7 Å². The standard InChI is InChI=1S/C12H11FN2O3/c13-7-3-4-10-8(6-7)14-12(18-10)15-5-1-2-9(15)11(16)17/h3-4,6,9H,1-2,5H2,(H,16,17)/t9-/m0/s1. The maximum atomic E-state index is 13.0. The Morgan fingerprint density at radius 1 is 1.56 bits per heavy atom. The molecule has 0 saturated carbocycles. The minimum Gasteiger partial charge on any atom is -0.480 e. The summed E-state index contributed by atoms with van der Waals surface area (Å²) in [7, 11) is 0. The third kappa shape index (κ3) is 1.70. The Morgan fingerprint density at radius 2 is 2.39 bits per heavy atom. The Hall–Kier alpha value is -2.11. The fraction of sp³-hybridized carbons (Fsp3) is 0.333. The smallest absolute Gasteiger partial charge is 0.326 e. The van der Waals surface area contributed by atoms with E-state index in [1.165, 1.54) is 18.2 Å². The first kappa shape index (κ1) is 11.0. The molecular formula is C12H11FN2O3. The van der Waals surface area contributed by atoms with Crippen molar-refractivity contribution in [2.24, 2.45) is 0 Å². The Balaban J connectivity index is 2.01. The number of rotatable bonds is 2. The minimum atomic E-state index is -0.888. The molecule has 0 unspecified atom stereocenters. The van der Waals surface area contributed by atoms with Gasteiger partial charge in [-0.15, -0.1) is 0 Å². The van der Waals surface area contributed by atoms with E-state index >= 15 is 0 Å². The van der Waals surface area contributed by atoms with Crippen LogP contribution in [-0.4, -0.2) is 28.6 Å². The molecule has 0 radical (unpaired) electrons. The number of nitrogens with zero attached hydrogens (tertiary/aromatic N) is 2. The van der Waals surface area contributed by atoms with Crippen molar-refractivity contribution >= 4 is 23.1 Å². The molecule has 1 atom stereocenters. The molecule has 1 saturated heterocycles. The zero-order chi connectivity index (χ0) is 12.7. The number of benzene rings is 1. The summed E-state index contributed by atoms with van der Waals surface area (Å²) in [5, 5.41) is 9.09. The molecule has 2 aromatic rings. The molecule has 3 rings (SSSR count). The van der Waals surface area contributed by atoms with Crippen LogP contribution in [0.15, 0.2) is 22.6 Å². The van der Waals surface area contributed by atoms with Gasteiger partial charge in [0, 0.05) is 12.6 Å². The van der Waals surface area contributed by atoms with Gasteiger partial charge in [0.2, 0.25) is 0 Å². The number of carboxylic acid groups (broad SMARTS) is 1. The van der Waals surface area contributed by atoms with Gasteiger partial charge >= 0.3 is 5.97 Å². The maximum absolute atomic E-state index is 13.0. The molecule has 6 heteroatoms. The highest BCUT2D eigenvalue weighted by Gasteiger charge is 2.33. The van der Waals surface area contributed by atoms with E-state index in [2.05, 4.69) is 4.98 Å². The van der Waals surface area contributed by atoms with E-state index in [4.69, 9.17) is 9.52 Å². The van der Waals surface area contributed by atoms with E-state index < -0.39 is 17.8 Å². The molecule has 1 fully saturated rings. The first-order valence-corrected chi connectivity index (χ1v) is 5.71. The quantitative estimate of drug-likeness (QED) is 0.883. The Bertz CT molecular complexity index is 610. The number of halogens is 1. The summed E-state index contributed by atoms with van der Waals surface area (Å²) in [6.45, 7) is 0.590. The summed E-state index contributed by atoms with van der Waals surface area (Å²) < 4.78 is 18.5. The molecule has 5 nitrogen and oxygen atoms in total. The number of hydrogen-bond acceptors (Lipinski definition) is 4. The van der Waals surface area contributed by atoms with E-state index in [-0.39, 0.29) is 6.01 Å². The lowest BCUT2D eigenvalue weighted by molar-refractivity contribution is -0.138. The number of fused-ring (bicyclic) bond motifs is 1. The lowest BCUT2D eigenvalue weighted by Gasteiger charge is -2.18. The number of hydrogen-bond donors (Lipinski definition) is 1. The van der Waals surface area contributed by atoms with Gasteiger partial charge in [-0.3, -0.25) is 0 Å². The number of aliphatic carboxylic acids is 1. The Kier molecular flexibility index (Phi) is 2.43. The van der Waals surface area contributed by atoms with Gasteiger partial charge in [0.25, 0.3) is 6.01 Å². The number of oxazole rings is 1. The Morgan fingerprint density at radius 3 is 3.17 bits per heavy atom. The molecule has 1 aromatic carbocycles. The second-order valence-electron chi connectivity index (χ2n) is 4.30. The van der Waals surface area contributed by atoms with Crippen LogP contribution in [0.5, 0.6) is 0 Å². The lowest BCUT2D eigenvalue weighted by Crippen LogP contribution is -2.36. The van der Waals surface area contributed by atoms with Crippen LogP contribution in [0, 0.1) is 5.82 Å². The van der Waals surface area contributed by atoms with Crippen molar-refractivity contribution in [2.75, 3.05) is 11.4 Å². The van der Waals surface area contributed by atoms with Gasteiger partial charge in [0.15, 0.2) is 5.58 Å². The highest BCUT2D eigenvalue weighted by molar-refractivity contribution is 5.79. The average molecular weight is 250 g/mol. The third-order valence-corrected chi connectivity index (χ3v) is 3.12. The molecule has 0 bridgehead atoms. The van der Waals surface area contributed by atoms with Crippen LogP contribution in [-0.2, 0) is 4.79 Å². The van der Waals surface area contributed by atoms with Gasteiger partial charge in [-0.2, -0.15) is 4.98 Å². The Labute approximate surface area is 102 Å². The highest BCUT2D eigenvalue weighted by atomic mass is 19.1. The summed E-state index contributed by atoms with van der Waals surface area (Å²) in [4.78, 5) is 16.8. The summed E-state index contributed by atoms with van der Waals surface area (Å²) in [6, 6.07) is 3.69. The summed E-state index contributed by atoms with van der Waals surface area (Å²) >= 11 is 0. The third-order valence-electron chi connectivity index (χ3n) is 3.12. The fourth-order valence-electron chi connectivity index (χ4n) is 2.26. The molecular weight excluding hydrogens is 239 g/mol. The zero-order valence-electron chi connectivity index (χ0n) is 9.47. The van der Waals surface area contributed by atoms with Crippen molar-refractivity contribution in [2.45, 2.75) is 18.9 Å². The summed E-state index contributed by atoms with van der Waals surface area (Å²) in [5.41, 5.74) is 0.864. The van der Waals surface area contributed by atoms with Crippen LogP contribution in [0.3, 0.4) is 0 Å². The monoisotopic (exact) mass is 250 g/mol. The molecule has 0 amide bonds. The van der Waals surface area contributed by atoms with Crippen molar-refractivity contribution in [1.82, 2.24) is 4.98 Å². The number of anilines is 1. The van der Waals surface area contributed by atoms with Crippen LogP contribution in [0.1, 0.15) is 12.8 Å². The van der Waals surface area contributed by atoms with E-state index in [0.717, 1.165) is 6.42 Å². The van der Waals surface area contributed by atoms with E-state index in [1.807, 2.05) is 0 Å². The number of carboxylic acids is 1. The number of aromatic nitrogens is 1. The highest BCUT2D eigenvalue weighted by Crippen LogP contribution is 2.28. The first-order chi connectivity index (χ1) is 8.65. The second kappa shape index (κ2) is 3.97. The number of carbonyl (C=O) groups is 1. The van der Waals surface area contributed by atoms with Crippen LogP contribution in [0.25, 0.3) is 11.1 Å². The molecule has 1 aromatic heterocycles. The van der Waals surface area contributed by atoms with E-state index in [1.54, 1.807) is 4.90 Å². The molecule has 0 spiro atoms. The van der Waals surface area contributed by atoms with Crippen LogP contribution in [0.4, 0.5) is 10.4 Å².